The number of rotatable bonds is 5. The van der Waals surface area contributed by atoms with Crippen molar-refractivity contribution in [1.29, 1.82) is 0 Å². The van der Waals surface area contributed by atoms with Gasteiger partial charge in [0.15, 0.2) is 0 Å². The monoisotopic (exact) mass is 430 g/mol. The largest absolute Gasteiger partial charge is 0.481 e. The fourth-order valence-corrected chi connectivity index (χ4v) is 5.76. The third kappa shape index (κ3) is 3.30. The van der Waals surface area contributed by atoms with Crippen LogP contribution >= 0.6 is 0 Å². The number of carbonyl (C=O) groups is 1. The summed E-state index contributed by atoms with van der Waals surface area (Å²) in [5.41, 5.74) is 3.61. The lowest BCUT2D eigenvalue weighted by Crippen LogP contribution is -2.40. The minimum atomic E-state index is -3.77. The van der Waals surface area contributed by atoms with Gasteiger partial charge in [-0.05, 0) is 67.3 Å². The molecule has 2 heterocycles. The summed E-state index contributed by atoms with van der Waals surface area (Å²) in [4.78, 5) is 11.7. The SMILES string of the molecule is CC(C(=O)O)c1c2c(n3ccccc13)CC(N(C)S(=O)(=O)c1ccc(F)cc1)CC2. The van der Waals surface area contributed by atoms with Crippen molar-refractivity contribution in [3.63, 3.8) is 0 Å². The van der Waals surface area contributed by atoms with Gasteiger partial charge in [0, 0.05) is 36.9 Å². The number of aliphatic carboxylic acids is 1. The van der Waals surface area contributed by atoms with E-state index in [1.807, 2.05) is 28.8 Å². The highest BCUT2D eigenvalue weighted by Crippen LogP contribution is 2.37. The summed E-state index contributed by atoms with van der Waals surface area (Å²) in [6, 6.07) is 10.2. The second-order valence-corrected chi connectivity index (χ2v) is 9.72. The highest BCUT2D eigenvalue weighted by molar-refractivity contribution is 7.89. The van der Waals surface area contributed by atoms with E-state index in [2.05, 4.69) is 0 Å². The second-order valence-electron chi connectivity index (χ2n) is 7.73. The maximum Gasteiger partial charge on any atom is 0.310 e. The van der Waals surface area contributed by atoms with Crippen LogP contribution < -0.4 is 0 Å². The predicted octanol–water partition coefficient (Wildman–Crippen LogP) is 3.44. The van der Waals surface area contributed by atoms with E-state index in [-0.39, 0.29) is 10.9 Å². The predicted molar refractivity (Wildman–Crippen MR) is 111 cm³/mol. The molecule has 0 bridgehead atoms. The lowest BCUT2D eigenvalue weighted by molar-refractivity contribution is -0.138. The molecule has 0 amide bonds. The van der Waals surface area contributed by atoms with E-state index in [1.54, 1.807) is 14.0 Å². The first-order valence-electron chi connectivity index (χ1n) is 9.79. The fourth-order valence-electron chi connectivity index (χ4n) is 4.38. The third-order valence-corrected chi connectivity index (χ3v) is 7.99. The average Bonchev–Trinajstić information content (AvgIpc) is 3.06. The molecular weight excluding hydrogens is 407 g/mol. The minimum Gasteiger partial charge on any atom is -0.481 e. The van der Waals surface area contributed by atoms with Gasteiger partial charge in [0.2, 0.25) is 10.0 Å². The summed E-state index contributed by atoms with van der Waals surface area (Å²) in [7, 11) is -2.22. The van der Waals surface area contributed by atoms with Gasteiger partial charge in [-0.15, -0.1) is 0 Å². The zero-order chi connectivity index (χ0) is 21.6. The van der Waals surface area contributed by atoms with Gasteiger partial charge in [-0.25, -0.2) is 12.8 Å². The normalized spacial score (nSPS) is 17.8. The summed E-state index contributed by atoms with van der Waals surface area (Å²) in [5, 5.41) is 9.58. The first-order chi connectivity index (χ1) is 14.2. The smallest absolute Gasteiger partial charge is 0.310 e. The van der Waals surface area contributed by atoms with Crippen molar-refractivity contribution in [2.24, 2.45) is 0 Å². The van der Waals surface area contributed by atoms with E-state index in [0.717, 1.165) is 34.5 Å². The number of hydrogen-bond donors (Lipinski definition) is 1. The van der Waals surface area contributed by atoms with E-state index in [1.165, 1.54) is 16.4 Å². The first kappa shape index (κ1) is 20.6. The van der Waals surface area contributed by atoms with Crippen LogP contribution in [0.4, 0.5) is 4.39 Å². The van der Waals surface area contributed by atoms with Crippen molar-refractivity contribution < 1.29 is 22.7 Å². The number of fused-ring (bicyclic) bond motifs is 3. The Morgan fingerprint density at radius 1 is 1.23 bits per heavy atom. The van der Waals surface area contributed by atoms with Crippen molar-refractivity contribution in [1.82, 2.24) is 8.71 Å². The van der Waals surface area contributed by atoms with Crippen LogP contribution in [0, 0.1) is 5.82 Å². The van der Waals surface area contributed by atoms with Crippen molar-refractivity contribution in [3.8, 4) is 0 Å². The molecule has 1 aliphatic carbocycles. The Bertz CT molecular complexity index is 1220. The molecule has 4 rings (SSSR count). The fraction of sp³-hybridized carbons (Fsp3) is 0.318. The Morgan fingerprint density at radius 2 is 1.93 bits per heavy atom. The van der Waals surface area contributed by atoms with Crippen LogP contribution in [0.15, 0.2) is 53.6 Å². The molecule has 0 radical (unpaired) electrons. The van der Waals surface area contributed by atoms with Crippen LogP contribution in [0.25, 0.3) is 5.52 Å². The number of carboxylic acid groups (broad SMARTS) is 1. The van der Waals surface area contributed by atoms with Gasteiger partial charge in [-0.1, -0.05) is 6.07 Å². The van der Waals surface area contributed by atoms with Crippen LogP contribution in [0.5, 0.6) is 0 Å². The summed E-state index contributed by atoms with van der Waals surface area (Å²) >= 11 is 0. The molecule has 0 saturated heterocycles. The van der Waals surface area contributed by atoms with Crippen LogP contribution in [-0.2, 0) is 27.7 Å². The molecule has 2 atom stereocenters. The number of benzene rings is 1. The van der Waals surface area contributed by atoms with Gasteiger partial charge < -0.3 is 9.51 Å². The zero-order valence-electron chi connectivity index (χ0n) is 16.7. The van der Waals surface area contributed by atoms with Gasteiger partial charge in [0.05, 0.1) is 10.8 Å². The highest BCUT2D eigenvalue weighted by atomic mass is 32.2. The van der Waals surface area contributed by atoms with Gasteiger partial charge >= 0.3 is 5.97 Å². The Kier molecular flexibility index (Phi) is 5.15. The molecule has 6 nitrogen and oxygen atoms in total. The number of pyridine rings is 1. The summed E-state index contributed by atoms with van der Waals surface area (Å²) < 4.78 is 42.6. The first-order valence-corrected chi connectivity index (χ1v) is 11.2. The van der Waals surface area contributed by atoms with E-state index < -0.39 is 27.7 Å². The van der Waals surface area contributed by atoms with E-state index in [0.29, 0.717) is 19.3 Å². The molecule has 8 heteroatoms. The molecule has 0 saturated carbocycles. The highest BCUT2D eigenvalue weighted by Gasteiger charge is 2.35. The number of nitrogens with zero attached hydrogens (tertiary/aromatic N) is 2. The topological polar surface area (TPSA) is 79.1 Å². The lowest BCUT2D eigenvalue weighted by Gasteiger charge is -2.31. The number of likely N-dealkylation sites (N-methyl/N-ethyl adjacent to an activating group) is 1. The average molecular weight is 431 g/mol. The van der Waals surface area contributed by atoms with Crippen LogP contribution in [0.1, 0.15) is 36.1 Å². The van der Waals surface area contributed by atoms with Crippen molar-refractivity contribution >= 4 is 21.5 Å². The summed E-state index contributed by atoms with van der Waals surface area (Å²) in [6.07, 6.45) is 3.55. The number of halogens is 1. The number of sulfonamides is 1. The maximum atomic E-state index is 13.2. The molecule has 1 aliphatic rings. The molecule has 0 fully saturated rings. The van der Waals surface area contributed by atoms with E-state index in [4.69, 9.17) is 0 Å². The molecule has 158 valence electrons. The quantitative estimate of drug-likeness (QED) is 0.673. The molecule has 30 heavy (non-hydrogen) atoms. The van der Waals surface area contributed by atoms with Crippen LogP contribution in [0.3, 0.4) is 0 Å². The molecule has 0 spiro atoms. The standard InChI is InChI=1S/C22H23FN2O4S/c1-14(22(26)27)21-18-11-8-16(13-20(18)25-12-4-3-5-19(21)25)24(2)30(28,29)17-9-6-15(23)7-10-17/h3-7,9-10,12,14,16H,8,11,13H2,1-2H3,(H,26,27). The van der Waals surface area contributed by atoms with Crippen LogP contribution in [0.2, 0.25) is 0 Å². The maximum absolute atomic E-state index is 13.2. The molecule has 0 aliphatic heterocycles. The van der Waals surface area contributed by atoms with Gasteiger partial charge in [-0.3, -0.25) is 4.79 Å². The van der Waals surface area contributed by atoms with E-state index >= 15 is 0 Å². The number of carboxylic acids is 1. The van der Waals surface area contributed by atoms with Gasteiger partial charge in [-0.2, -0.15) is 4.31 Å². The van der Waals surface area contributed by atoms with Gasteiger partial charge in [0.25, 0.3) is 0 Å². The van der Waals surface area contributed by atoms with E-state index in [9.17, 15) is 22.7 Å². The molecular formula is C22H23FN2O4S. The Labute approximate surface area is 174 Å². The Morgan fingerprint density at radius 3 is 2.60 bits per heavy atom. The minimum absolute atomic E-state index is 0.0532. The summed E-state index contributed by atoms with van der Waals surface area (Å²) in [6.45, 7) is 1.68. The van der Waals surface area contributed by atoms with Gasteiger partial charge in [0.1, 0.15) is 5.82 Å². The Hall–Kier alpha value is -2.71. The summed E-state index contributed by atoms with van der Waals surface area (Å²) in [5.74, 6) is -2.02. The molecule has 3 aromatic rings. The second kappa shape index (κ2) is 7.52. The Balaban J connectivity index is 1.72. The molecule has 1 aromatic carbocycles. The zero-order valence-corrected chi connectivity index (χ0v) is 17.6. The molecule has 2 aromatic heterocycles. The van der Waals surface area contributed by atoms with Crippen molar-refractivity contribution in [3.05, 3.63) is 71.3 Å². The lowest BCUT2D eigenvalue weighted by atomic mass is 9.87. The third-order valence-electron chi connectivity index (χ3n) is 6.06. The number of hydrogen-bond acceptors (Lipinski definition) is 3. The molecule has 2 unspecified atom stereocenters. The van der Waals surface area contributed by atoms with Crippen LogP contribution in [-0.4, -0.2) is 41.3 Å². The van der Waals surface area contributed by atoms with Crippen molar-refractivity contribution in [2.45, 2.75) is 43.0 Å². The molecule has 1 N–H and O–H groups in total. The number of aromatic nitrogens is 1. The van der Waals surface area contributed by atoms with Crippen molar-refractivity contribution in [2.75, 3.05) is 7.05 Å².